The van der Waals surface area contributed by atoms with E-state index >= 15 is 0 Å². The molecule has 2 aliphatic heterocycles. The van der Waals surface area contributed by atoms with Gasteiger partial charge in [0.15, 0.2) is 5.84 Å². The molecule has 2 aliphatic rings. The standard InChI is InChI=1S/C23H19N3O2/c1-28-18-12-10-16(11-13-18)14-26-23(27)20-8-4-5-9-21(20)24-22-19-7-3-2-6-17(19)15-25(22)26/h2-13H,14-15H2,1H3. The lowest BCUT2D eigenvalue weighted by atomic mass is 10.1. The molecule has 5 nitrogen and oxygen atoms in total. The highest BCUT2D eigenvalue weighted by atomic mass is 16.5. The molecule has 0 radical (unpaired) electrons. The molecule has 0 N–H and O–H groups in total. The fourth-order valence-corrected chi connectivity index (χ4v) is 3.75. The first kappa shape index (κ1) is 16.6. The summed E-state index contributed by atoms with van der Waals surface area (Å²) >= 11 is 0. The van der Waals surface area contributed by atoms with Crippen molar-refractivity contribution in [3.63, 3.8) is 0 Å². The van der Waals surface area contributed by atoms with Crippen LogP contribution >= 0.6 is 0 Å². The lowest BCUT2D eigenvalue weighted by molar-refractivity contribution is 0.0250. The molecular weight excluding hydrogens is 350 g/mol. The van der Waals surface area contributed by atoms with Crippen molar-refractivity contribution in [3.05, 3.63) is 95.1 Å². The van der Waals surface area contributed by atoms with Crippen molar-refractivity contribution in [2.45, 2.75) is 13.1 Å². The molecule has 0 atom stereocenters. The third kappa shape index (κ3) is 2.63. The SMILES string of the molecule is COc1ccc(CN2C(=O)c3ccccc3N=C3c4ccccc4CN32)cc1. The second-order valence-corrected chi connectivity index (χ2v) is 6.88. The van der Waals surface area contributed by atoms with Gasteiger partial charge in [0, 0.05) is 5.56 Å². The maximum Gasteiger partial charge on any atom is 0.274 e. The van der Waals surface area contributed by atoms with Gasteiger partial charge in [-0.25, -0.2) is 10.0 Å². The van der Waals surface area contributed by atoms with Gasteiger partial charge in [-0.3, -0.25) is 9.80 Å². The minimum atomic E-state index is -0.0435. The number of amidine groups is 1. The number of methoxy groups -OCH3 is 1. The number of benzene rings is 3. The summed E-state index contributed by atoms with van der Waals surface area (Å²) in [4.78, 5) is 18.3. The van der Waals surface area contributed by atoms with Crippen LogP contribution < -0.4 is 4.74 Å². The lowest BCUT2D eigenvalue weighted by Gasteiger charge is -2.32. The van der Waals surface area contributed by atoms with Gasteiger partial charge in [-0.15, -0.1) is 0 Å². The molecule has 0 saturated heterocycles. The van der Waals surface area contributed by atoms with Gasteiger partial charge in [-0.1, -0.05) is 48.5 Å². The number of aliphatic imine (C=N–C) groups is 1. The van der Waals surface area contributed by atoms with Crippen LogP contribution in [0.3, 0.4) is 0 Å². The van der Waals surface area contributed by atoms with E-state index in [4.69, 9.17) is 9.73 Å². The molecule has 0 aliphatic carbocycles. The van der Waals surface area contributed by atoms with E-state index in [2.05, 4.69) is 12.1 Å². The second kappa shape index (κ2) is 6.53. The van der Waals surface area contributed by atoms with Crippen LogP contribution in [0.4, 0.5) is 5.69 Å². The Balaban J connectivity index is 1.60. The zero-order valence-electron chi connectivity index (χ0n) is 15.5. The van der Waals surface area contributed by atoms with Gasteiger partial charge in [0.25, 0.3) is 5.91 Å². The molecule has 138 valence electrons. The zero-order chi connectivity index (χ0) is 19.1. The van der Waals surface area contributed by atoms with Crippen LogP contribution in [-0.2, 0) is 13.1 Å². The number of nitrogens with zero attached hydrogens (tertiary/aromatic N) is 3. The smallest absolute Gasteiger partial charge is 0.274 e. The monoisotopic (exact) mass is 369 g/mol. The Kier molecular flexibility index (Phi) is 3.86. The minimum Gasteiger partial charge on any atom is -0.497 e. The number of hydrazine groups is 1. The molecular formula is C23H19N3O2. The number of carbonyl (C=O) groups is 1. The first-order chi connectivity index (χ1) is 13.7. The normalized spacial score (nSPS) is 14.8. The summed E-state index contributed by atoms with van der Waals surface area (Å²) in [5.74, 6) is 1.58. The van der Waals surface area contributed by atoms with Gasteiger partial charge in [0.1, 0.15) is 5.75 Å². The number of carbonyl (C=O) groups excluding carboxylic acids is 1. The van der Waals surface area contributed by atoms with Crippen molar-refractivity contribution >= 4 is 17.4 Å². The van der Waals surface area contributed by atoms with Crippen molar-refractivity contribution in [1.82, 2.24) is 10.0 Å². The first-order valence-electron chi connectivity index (χ1n) is 9.23. The third-order valence-corrected chi connectivity index (χ3v) is 5.20. The molecule has 0 bridgehead atoms. The first-order valence-corrected chi connectivity index (χ1v) is 9.23. The highest BCUT2D eigenvalue weighted by molar-refractivity contribution is 6.09. The summed E-state index contributed by atoms with van der Waals surface area (Å²) in [6.07, 6.45) is 0. The molecule has 0 spiro atoms. The molecule has 28 heavy (non-hydrogen) atoms. The maximum absolute atomic E-state index is 13.4. The van der Waals surface area contributed by atoms with E-state index in [0.717, 1.165) is 22.7 Å². The molecule has 5 heteroatoms. The van der Waals surface area contributed by atoms with E-state index in [1.165, 1.54) is 5.56 Å². The predicted molar refractivity (Wildman–Crippen MR) is 107 cm³/mol. The number of hydrogen-bond donors (Lipinski definition) is 0. The number of para-hydroxylation sites is 1. The number of amides is 1. The zero-order valence-corrected chi connectivity index (χ0v) is 15.5. The number of ether oxygens (including phenoxy) is 1. The van der Waals surface area contributed by atoms with Gasteiger partial charge in [0.05, 0.1) is 31.5 Å². The Hall–Kier alpha value is -3.60. The average molecular weight is 369 g/mol. The Morgan fingerprint density at radius 2 is 1.64 bits per heavy atom. The summed E-state index contributed by atoms with van der Waals surface area (Å²) in [5, 5.41) is 3.80. The summed E-state index contributed by atoms with van der Waals surface area (Å²) in [7, 11) is 1.65. The van der Waals surface area contributed by atoms with Gasteiger partial charge < -0.3 is 4.74 Å². The van der Waals surface area contributed by atoms with Crippen LogP contribution in [0, 0.1) is 0 Å². The van der Waals surface area contributed by atoms with Gasteiger partial charge >= 0.3 is 0 Å². The Bertz CT molecular complexity index is 1090. The molecule has 3 aromatic rings. The van der Waals surface area contributed by atoms with Crippen LogP contribution in [0.1, 0.15) is 27.0 Å². The van der Waals surface area contributed by atoms with Crippen molar-refractivity contribution in [3.8, 4) is 5.75 Å². The van der Waals surface area contributed by atoms with Crippen molar-refractivity contribution in [1.29, 1.82) is 0 Å². The third-order valence-electron chi connectivity index (χ3n) is 5.20. The van der Waals surface area contributed by atoms with E-state index in [1.54, 1.807) is 12.1 Å². The maximum atomic E-state index is 13.4. The molecule has 0 unspecified atom stereocenters. The van der Waals surface area contributed by atoms with Gasteiger partial charge in [0.2, 0.25) is 0 Å². The molecule has 1 amide bonds. The van der Waals surface area contributed by atoms with E-state index in [-0.39, 0.29) is 5.91 Å². The molecule has 5 rings (SSSR count). The van der Waals surface area contributed by atoms with Crippen molar-refractivity contribution in [2.75, 3.05) is 7.11 Å². The van der Waals surface area contributed by atoms with Crippen molar-refractivity contribution in [2.24, 2.45) is 4.99 Å². The van der Waals surface area contributed by atoms with E-state index in [9.17, 15) is 4.79 Å². The van der Waals surface area contributed by atoms with Crippen LogP contribution in [0.2, 0.25) is 0 Å². The average Bonchev–Trinajstić information content (AvgIpc) is 3.05. The van der Waals surface area contributed by atoms with Crippen LogP contribution in [0.5, 0.6) is 5.75 Å². The fourth-order valence-electron chi connectivity index (χ4n) is 3.75. The second-order valence-electron chi connectivity index (χ2n) is 6.88. The number of hydrogen-bond acceptors (Lipinski definition) is 4. The van der Waals surface area contributed by atoms with E-state index in [1.807, 2.05) is 65.7 Å². The van der Waals surface area contributed by atoms with Gasteiger partial charge in [-0.2, -0.15) is 0 Å². The topological polar surface area (TPSA) is 45.1 Å². The predicted octanol–water partition coefficient (Wildman–Crippen LogP) is 4.16. The lowest BCUT2D eigenvalue weighted by Crippen LogP contribution is -2.45. The van der Waals surface area contributed by atoms with E-state index < -0.39 is 0 Å². The molecule has 0 fully saturated rings. The molecule has 0 aromatic heterocycles. The van der Waals surface area contributed by atoms with Crippen LogP contribution in [0.15, 0.2) is 77.8 Å². The molecule has 0 saturated carbocycles. The summed E-state index contributed by atoms with van der Waals surface area (Å²) < 4.78 is 5.25. The summed E-state index contributed by atoms with van der Waals surface area (Å²) in [6.45, 7) is 1.09. The molecule has 2 heterocycles. The van der Waals surface area contributed by atoms with Crippen LogP contribution in [-0.4, -0.2) is 28.9 Å². The Morgan fingerprint density at radius 3 is 2.43 bits per heavy atom. The highest BCUT2D eigenvalue weighted by Gasteiger charge is 2.36. The fraction of sp³-hybridized carbons (Fsp3) is 0.130. The Labute approximate surface area is 163 Å². The largest absolute Gasteiger partial charge is 0.497 e. The van der Waals surface area contributed by atoms with Crippen LogP contribution in [0.25, 0.3) is 0 Å². The number of rotatable bonds is 3. The summed E-state index contributed by atoms with van der Waals surface area (Å²) in [6, 6.07) is 23.5. The van der Waals surface area contributed by atoms with Gasteiger partial charge in [-0.05, 0) is 35.4 Å². The minimum absolute atomic E-state index is 0.0435. The quantitative estimate of drug-likeness (QED) is 0.696. The van der Waals surface area contributed by atoms with E-state index in [0.29, 0.717) is 24.3 Å². The highest BCUT2D eigenvalue weighted by Crippen LogP contribution is 2.34. The number of fused-ring (bicyclic) bond motifs is 4. The Morgan fingerprint density at radius 1 is 0.929 bits per heavy atom. The van der Waals surface area contributed by atoms with Crippen molar-refractivity contribution < 1.29 is 9.53 Å². The summed E-state index contributed by atoms with van der Waals surface area (Å²) in [5.41, 5.74) is 4.61. The molecule has 3 aromatic carbocycles.